The minimum Gasteiger partial charge on any atom is -0.279 e. The molecule has 0 bridgehead atoms. The Kier molecular flexibility index (Phi) is 4.95. The highest BCUT2D eigenvalue weighted by Gasteiger charge is 2.23. The fourth-order valence-corrected chi connectivity index (χ4v) is 2.68. The van der Waals surface area contributed by atoms with Gasteiger partial charge in [0.25, 0.3) is 0 Å². The zero-order valence-corrected chi connectivity index (χ0v) is 11.7. The molecule has 0 amide bonds. The number of halogens is 3. The van der Waals surface area contributed by atoms with E-state index >= 15 is 0 Å². The average molecular weight is 314 g/mol. The second kappa shape index (κ2) is 5.86. The number of benzene rings is 1. The summed E-state index contributed by atoms with van der Waals surface area (Å²) in [6.07, 6.45) is 0. The molecule has 0 aromatic heterocycles. The largest absolute Gasteiger partial charge is 0.279 e. The van der Waals surface area contributed by atoms with Crippen LogP contribution < -0.4 is 4.31 Å². The molecule has 0 aliphatic carbocycles. The van der Waals surface area contributed by atoms with Crippen molar-refractivity contribution in [2.75, 3.05) is 16.6 Å². The van der Waals surface area contributed by atoms with Crippen LogP contribution in [0.4, 0.5) is 10.1 Å². The summed E-state index contributed by atoms with van der Waals surface area (Å²) in [7, 11) is -3.69. The van der Waals surface area contributed by atoms with Crippen molar-refractivity contribution in [2.24, 2.45) is 0 Å². The standard InChI is InChI=1S/C10H10Cl2FNO3S/c1-2-18(16,17)14(6-10(12)15)7-3-4-9(13)8(11)5-7/h3-5H,2,6H2,1H3. The van der Waals surface area contributed by atoms with Gasteiger partial charge in [-0.1, -0.05) is 11.6 Å². The average Bonchev–Trinajstić information content (AvgIpc) is 2.29. The summed E-state index contributed by atoms with van der Waals surface area (Å²) in [4.78, 5) is 10.9. The zero-order chi connectivity index (χ0) is 13.9. The van der Waals surface area contributed by atoms with E-state index in [1.54, 1.807) is 0 Å². The first kappa shape index (κ1) is 15.2. The van der Waals surface area contributed by atoms with Gasteiger partial charge in [0.2, 0.25) is 15.3 Å². The van der Waals surface area contributed by atoms with Crippen molar-refractivity contribution < 1.29 is 17.6 Å². The van der Waals surface area contributed by atoms with E-state index in [1.807, 2.05) is 0 Å². The molecular weight excluding hydrogens is 304 g/mol. The molecule has 0 N–H and O–H groups in total. The first-order valence-electron chi connectivity index (χ1n) is 4.91. The van der Waals surface area contributed by atoms with E-state index in [0.717, 1.165) is 16.4 Å². The van der Waals surface area contributed by atoms with Crippen LogP contribution in [0.1, 0.15) is 6.92 Å². The van der Waals surface area contributed by atoms with Gasteiger partial charge < -0.3 is 0 Å². The van der Waals surface area contributed by atoms with E-state index < -0.39 is 27.6 Å². The van der Waals surface area contributed by atoms with Crippen LogP contribution in [0.15, 0.2) is 18.2 Å². The fraction of sp³-hybridized carbons (Fsp3) is 0.300. The molecule has 0 atom stereocenters. The van der Waals surface area contributed by atoms with Crippen LogP contribution in [-0.4, -0.2) is 26.0 Å². The lowest BCUT2D eigenvalue weighted by Gasteiger charge is -2.22. The summed E-state index contributed by atoms with van der Waals surface area (Å²) in [5.41, 5.74) is 0.0947. The maximum Gasteiger partial charge on any atom is 0.242 e. The highest BCUT2D eigenvalue weighted by Crippen LogP contribution is 2.25. The maximum absolute atomic E-state index is 13.0. The third-order valence-electron chi connectivity index (χ3n) is 2.16. The molecule has 4 nitrogen and oxygen atoms in total. The summed E-state index contributed by atoms with van der Waals surface area (Å²) in [6, 6.07) is 3.37. The van der Waals surface area contributed by atoms with Crippen LogP contribution in [0.2, 0.25) is 5.02 Å². The number of hydrogen-bond acceptors (Lipinski definition) is 3. The van der Waals surface area contributed by atoms with E-state index in [0.29, 0.717) is 0 Å². The Bertz CT molecular complexity index is 562. The summed E-state index contributed by atoms with van der Waals surface area (Å²) in [5, 5.41) is -1.07. The van der Waals surface area contributed by atoms with Crippen molar-refractivity contribution in [3.05, 3.63) is 29.0 Å². The minimum absolute atomic E-state index is 0.0947. The SMILES string of the molecule is CCS(=O)(=O)N(CC(=O)Cl)c1ccc(F)c(Cl)c1. The quantitative estimate of drug-likeness (QED) is 0.784. The Labute approximate surface area is 114 Å². The molecular formula is C10H10Cl2FNO3S. The summed E-state index contributed by atoms with van der Waals surface area (Å²) in [6.45, 7) is 0.895. The second-order valence-electron chi connectivity index (χ2n) is 3.36. The Balaban J connectivity index is 3.26. The van der Waals surface area contributed by atoms with E-state index in [4.69, 9.17) is 23.2 Å². The van der Waals surface area contributed by atoms with E-state index in [1.165, 1.54) is 13.0 Å². The maximum atomic E-state index is 13.0. The predicted octanol–water partition coefficient (Wildman–Crippen LogP) is 2.40. The van der Waals surface area contributed by atoms with Crippen molar-refractivity contribution in [1.82, 2.24) is 0 Å². The lowest BCUT2D eigenvalue weighted by atomic mass is 10.3. The molecule has 100 valence electrons. The number of carbonyl (C=O) groups excluding carboxylic acids is 1. The molecule has 1 aromatic rings. The van der Waals surface area contributed by atoms with Gasteiger partial charge in [0.1, 0.15) is 12.4 Å². The normalized spacial score (nSPS) is 11.3. The first-order chi connectivity index (χ1) is 8.27. The summed E-state index contributed by atoms with van der Waals surface area (Å²) >= 11 is 10.8. The number of nitrogens with zero attached hydrogens (tertiary/aromatic N) is 1. The third-order valence-corrected chi connectivity index (χ3v) is 4.31. The summed E-state index contributed by atoms with van der Waals surface area (Å²) < 4.78 is 37.4. The summed E-state index contributed by atoms with van der Waals surface area (Å²) in [5.74, 6) is -0.891. The highest BCUT2D eigenvalue weighted by atomic mass is 35.5. The van der Waals surface area contributed by atoms with Gasteiger partial charge in [-0.25, -0.2) is 12.8 Å². The zero-order valence-electron chi connectivity index (χ0n) is 9.36. The molecule has 8 heteroatoms. The van der Waals surface area contributed by atoms with Gasteiger partial charge in [0.05, 0.1) is 16.5 Å². The van der Waals surface area contributed by atoms with Crippen LogP contribution in [0.5, 0.6) is 0 Å². The Hall–Kier alpha value is -0.850. The molecule has 0 unspecified atom stereocenters. The Morgan fingerprint density at radius 3 is 2.50 bits per heavy atom. The monoisotopic (exact) mass is 313 g/mol. The van der Waals surface area contributed by atoms with Crippen LogP contribution in [0, 0.1) is 5.82 Å². The van der Waals surface area contributed by atoms with Crippen LogP contribution in [-0.2, 0) is 14.8 Å². The lowest BCUT2D eigenvalue weighted by molar-refractivity contribution is -0.110. The number of hydrogen-bond donors (Lipinski definition) is 0. The topological polar surface area (TPSA) is 54.5 Å². The number of sulfonamides is 1. The highest BCUT2D eigenvalue weighted by molar-refractivity contribution is 7.92. The third kappa shape index (κ3) is 3.57. The minimum atomic E-state index is -3.69. The molecule has 0 aliphatic heterocycles. The molecule has 1 aromatic carbocycles. The van der Waals surface area contributed by atoms with Gasteiger partial charge in [0.15, 0.2) is 0 Å². The molecule has 0 saturated heterocycles. The van der Waals surface area contributed by atoms with E-state index in [2.05, 4.69) is 0 Å². The van der Waals surface area contributed by atoms with Crippen molar-refractivity contribution >= 4 is 44.2 Å². The Morgan fingerprint density at radius 1 is 1.44 bits per heavy atom. The van der Waals surface area contributed by atoms with Gasteiger partial charge >= 0.3 is 0 Å². The van der Waals surface area contributed by atoms with Gasteiger partial charge in [-0.15, -0.1) is 0 Å². The molecule has 0 aliphatic rings. The van der Waals surface area contributed by atoms with E-state index in [9.17, 15) is 17.6 Å². The molecule has 0 heterocycles. The number of carbonyl (C=O) groups is 1. The van der Waals surface area contributed by atoms with Crippen LogP contribution >= 0.6 is 23.2 Å². The molecule has 0 spiro atoms. The van der Waals surface area contributed by atoms with Crippen molar-refractivity contribution in [1.29, 1.82) is 0 Å². The fourth-order valence-electron chi connectivity index (χ4n) is 1.26. The van der Waals surface area contributed by atoms with Gasteiger partial charge in [-0.3, -0.25) is 9.10 Å². The smallest absolute Gasteiger partial charge is 0.242 e. The van der Waals surface area contributed by atoms with Gasteiger partial charge in [0, 0.05) is 0 Å². The van der Waals surface area contributed by atoms with Gasteiger partial charge in [-0.05, 0) is 36.7 Å². The van der Waals surface area contributed by atoms with Gasteiger partial charge in [-0.2, -0.15) is 0 Å². The van der Waals surface area contributed by atoms with E-state index in [-0.39, 0.29) is 16.5 Å². The molecule has 0 radical (unpaired) electrons. The molecule has 18 heavy (non-hydrogen) atoms. The number of rotatable bonds is 5. The second-order valence-corrected chi connectivity index (χ2v) is 6.37. The number of anilines is 1. The van der Waals surface area contributed by atoms with Crippen LogP contribution in [0.25, 0.3) is 0 Å². The van der Waals surface area contributed by atoms with Crippen molar-refractivity contribution in [2.45, 2.75) is 6.92 Å². The first-order valence-corrected chi connectivity index (χ1v) is 7.28. The van der Waals surface area contributed by atoms with Crippen LogP contribution in [0.3, 0.4) is 0 Å². The molecule has 0 saturated carbocycles. The molecule has 0 fully saturated rings. The van der Waals surface area contributed by atoms with Crippen molar-refractivity contribution in [3.8, 4) is 0 Å². The lowest BCUT2D eigenvalue weighted by Crippen LogP contribution is -2.35. The van der Waals surface area contributed by atoms with Crippen molar-refractivity contribution in [3.63, 3.8) is 0 Å². The molecule has 1 rings (SSSR count). The Morgan fingerprint density at radius 2 is 2.06 bits per heavy atom. The predicted molar refractivity (Wildman–Crippen MR) is 69.1 cm³/mol.